The maximum atomic E-state index is 12.9. The van der Waals surface area contributed by atoms with E-state index >= 15 is 0 Å². The van der Waals surface area contributed by atoms with Crippen LogP contribution in [0.3, 0.4) is 0 Å². The van der Waals surface area contributed by atoms with Crippen molar-refractivity contribution in [2.75, 3.05) is 26.2 Å². The van der Waals surface area contributed by atoms with E-state index in [1.807, 2.05) is 24.5 Å². The van der Waals surface area contributed by atoms with Gasteiger partial charge >= 0.3 is 0 Å². The van der Waals surface area contributed by atoms with Crippen molar-refractivity contribution in [3.8, 4) is 0 Å². The van der Waals surface area contributed by atoms with Crippen molar-refractivity contribution in [2.45, 2.75) is 25.7 Å². The Morgan fingerprint density at radius 2 is 1.95 bits per heavy atom. The Labute approximate surface area is 131 Å². The summed E-state index contributed by atoms with van der Waals surface area (Å²) in [7, 11) is 0. The molecule has 3 nitrogen and oxygen atoms in total. The summed E-state index contributed by atoms with van der Waals surface area (Å²) in [5.41, 5.74) is 2.50. The molecule has 22 heavy (non-hydrogen) atoms. The van der Waals surface area contributed by atoms with Gasteiger partial charge in [-0.05, 0) is 62.4 Å². The van der Waals surface area contributed by atoms with E-state index in [-0.39, 0.29) is 5.82 Å². The highest BCUT2D eigenvalue weighted by atomic mass is 19.1. The molecule has 0 bridgehead atoms. The van der Waals surface area contributed by atoms with Crippen LogP contribution in [0.5, 0.6) is 0 Å². The molecule has 2 aliphatic rings. The first-order valence-corrected chi connectivity index (χ1v) is 8.20. The number of aliphatic imine (C=N–C) groups is 1. The Kier molecular flexibility index (Phi) is 5.22. The van der Waals surface area contributed by atoms with Gasteiger partial charge in [-0.3, -0.25) is 4.99 Å². The fourth-order valence-corrected chi connectivity index (χ4v) is 3.23. The van der Waals surface area contributed by atoms with E-state index in [0.717, 1.165) is 31.8 Å². The fourth-order valence-electron chi connectivity index (χ4n) is 3.23. The van der Waals surface area contributed by atoms with E-state index in [2.05, 4.69) is 15.2 Å². The quantitative estimate of drug-likeness (QED) is 0.905. The Bertz CT molecular complexity index is 528. The minimum atomic E-state index is -0.153. The van der Waals surface area contributed by atoms with Crippen LogP contribution in [0, 0.1) is 11.7 Å². The molecule has 1 aromatic rings. The summed E-state index contributed by atoms with van der Waals surface area (Å²) in [5.74, 6) is 0.619. The summed E-state index contributed by atoms with van der Waals surface area (Å²) in [4.78, 5) is 6.98. The number of halogens is 1. The zero-order chi connectivity index (χ0) is 15.2. The minimum absolute atomic E-state index is 0.153. The molecule has 0 unspecified atom stereocenters. The first kappa shape index (κ1) is 15.2. The van der Waals surface area contributed by atoms with Crippen molar-refractivity contribution < 1.29 is 4.39 Å². The lowest BCUT2D eigenvalue weighted by Crippen LogP contribution is -2.36. The first-order valence-electron chi connectivity index (χ1n) is 8.20. The van der Waals surface area contributed by atoms with Gasteiger partial charge in [-0.25, -0.2) is 4.39 Å². The van der Waals surface area contributed by atoms with Gasteiger partial charge in [0.1, 0.15) is 5.82 Å². The van der Waals surface area contributed by atoms with Crippen molar-refractivity contribution in [3.63, 3.8) is 0 Å². The third-order valence-electron chi connectivity index (χ3n) is 4.62. The fraction of sp³-hybridized carbons (Fsp3) is 0.500. The van der Waals surface area contributed by atoms with Crippen LogP contribution in [0.1, 0.15) is 24.8 Å². The summed E-state index contributed by atoms with van der Waals surface area (Å²) in [5, 5.41) is 3.23. The molecule has 1 saturated heterocycles. The smallest absolute Gasteiger partial charge is 0.123 e. The Morgan fingerprint density at radius 3 is 2.64 bits per heavy atom. The molecule has 0 radical (unpaired) electrons. The zero-order valence-electron chi connectivity index (χ0n) is 13.0. The molecule has 0 aliphatic carbocycles. The number of likely N-dealkylation sites (tertiary alicyclic amines) is 1. The second kappa shape index (κ2) is 7.54. The van der Waals surface area contributed by atoms with Crippen LogP contribution in [0.2, 0.25) is 0 Å². The zero-order valence-corrected chi connectivity index (χ0v) is 13.0. The number of benzene rings is 1. The van der Waals surface area contributed by atoms with E-state index in [9.17, 15) is 4.39 Å². The van der Waals surface area contributed by atoms with Gasteiger partial charge in [0.05, 0.1) is 6.54 Å². The summed E-state index contributed by atoms with van der Waals surface area (Å²) < 4.78 is 12.9. The van der Waals surface area contributed by atoms with Crippen molar-refractivity contribution in [1.29, 1.82) is 0 Å². The molecule has 3 rings (SSSR count). The van der Waals surface area contributed by atoms with Crippen LogP contribution in [0.4, 0.5) is 4.39 Å². The molecule has 118 valence electrons. The number of hydrogen-bond acceptors (Lipinski definition) is 3. The van der Waals surface area contributed by atoms with Crippen molar-refractivity contribution in [1.82, 2.24) is 10.2 Å². The Hall–Kier alpha value is -1.68. The highest BCUT2D eigenvalue weighted by Crippen LogP contribution is 2.21. The van der Waals surface area contributed by atoms with Crippen LogP contribution in [-0.2, 0) is 6.42 Å². The topological polar surface area (TPSA) is 27.6 Å². The van der Waals surface area contributed by atoms with Crippen LogP contribution in [-0.4, -0.2) is 36.8 Å². The van der Waals surface area contributed by atoms with Crippen molar-refractivity contribution in [2.24, 2.45) is 10.9 Å². The first-order chi connectivity index (χ1) is 10.8. The summed E-state index contributed by atoms with van der Waals surface area (Å²) in [6.07, 6.45) is 8.41. The lowest BCUT2D eigenvalue weighted by atomic mass is 9.91. The largest absolute Gasteiger partial charge is 0.384 e. The van der Waals surface area contributed by atoms with Crippen LogP contribution >= 0.6 is 0 Å². The molecule has 1 N–H and O–H groups in total. The predicted octanol–water partition coefficient (Wildman–Crippen LogP) is 2.99. The Morgan fingerprint density at radius 1 is 1.18 bits per heavy atom. The maximum absolute atomic E-state index is 12.9. The van der Waals surface area contributed by atoms with E-state index in [0.29, 0.717) is 0 Å². The molecule has 4 heteroatoms. The van der Waals surface area contributed by atoms with E-state index in [1.165, 1.54) is 37.2 Å². The number of nitrogens with one attached hydrogen (secondary N) is 1. The van der Waals surface area contributed by atoms with E-state index in [4.69, 9.17) is 0 Å². The van der Waals surface area contributed by atoms with Gasteiger partial charge in [-0.2, -0.15) is 0 Å². The van der Waals surface area contributed by atoms with Gasteiger partial charge in [0.15, 0.2) is 0 Å². The predicted molar refractivity (Wildman–Crippen MR) is 88.5 cm³/mol. The van der Waals surface area contributed by atoms with Crippen LogP contribution in [0.25, 0.3) is 0 Å². The van der Waals surface area contributed by atoms with Crippen LogP contribution in [0.15, 0.2) is 41.7 Å². The van der Waals surface area contributed by atoms with Gasteiger partial charge < -0.3 is 10.2 Å². The molecule has 0 amide bonds. The second-order valence-corrected chi connectivity index (χ2v) is 6.26. The van der Waals surface area contributed by atoms with Crippen LogP contribution < -0.4 is 5.32 Å². The molecule has 2 aliphatic heterocycles. The number of rotatable bonds is 5. The lowest BCUT2D eigenvalue weighted by Gasteiger charge is -2.32. The monoisotopic (exact) mass is 301 g/mol. The van der Waals surface area contributed by atoms with Crippen molar-refractivity contribution >= 4 is 5.71 Å². The number of piperidine rings is 1. The summed E-state index contributed by atoms with van der Waals surface area (Å²) in [6, 6.07) is 6.89. The number of nitrogens with zero attached hydrogens (tertiary/aromatic N) is 2. The van der Waals surface area contributed by atoms with Gasteiger partial charge in [0.2, 0.25) is 0 Å². The second-order valence-electron chi connectivity index (χ2n) is 6.26. The molecular formula is C18H24FN3. The standard InChI is InChI=1S/C18H24FN3/c19-17-3-1-15(2-4-17)5-10-22-11-6-16(7-12-22)13-18-14-20-8-9-21-18/h1-4,8-9,16,20H,5-7,10-14H2. The van der Waals surface area contributed by atoms with E-state index < -0.39 is 0 Å². The highest BCUT2D eigenvalue weighted by molar-refractivity contribution is 5.87. The molecule has 0 saturated carbocycles. The molecule has 0 spiro atoms. The summed E-state index contributed by atoms with van der Waals surface area (Å²) >= 11 is 0. The minimum Gasteiger partial charge on any atom is -0.384 e. The molecular weight excluding hydrogens is 277 g/mol. The SMILES string of the molecule is Fc1ccc(CCN2CCC(CC3=NC=CNC3)CC2)cc1. The normalized spacial score (nSPS) is 19.8. The molecule has 1 fully saturated rings. The number of hydrogen-bond donors (Lipinski definition) is 1. The molecule has 0 aromatic heterocycles. The average Bonchev–Trinajstić information content (AvgIpc) is 2.57. The molecule has 0 atom stereocenters. The van der Waals surface area contributed by atoms with Gasteiger partial charge in [-0.1, -0.05) is 12.1 Å². The average molecular weight is 301 g/mol. The molecule has 1 aromatic carbocycles. The van der Waals surface area contributed by atoms with Gasteiger partial charge in [0.25, 0.3) is 0 Å². The highest BCUT2D eigenvalue weighted by Gasteiger charge is 2.20. The van der Waals surface area contributed by atoms with Crippen molar-refractivity contribution in [3.05, 3.63) is 48.0 Å². The maximum Gasteiger partial charge on any atom is 0.123 e. The third-order valence-corrected chi connectivity index (χ3v) is 4.62. The third kappa shape index (κ3) is 4.41. The Balaban J connectivity index is 1.39. The summed E-state index contributed by atoms with van der Waals surface area (Å²) in [6.45, 7) is 4.32. The van der Waals surface area contributed by atoms with Gasteiger partial charge in [-0.15, -0.1) is 0 Å². The lowest BCUT2D eigenvalue weighted by molar-refractivity contribution is 0.189. The van der Waals surface area contributed by atoms with Gasteiger partial charge in [0, 0.05) is 24.7 Å². The van der Waals surface area contributed by atoms with E-state index in [1.54, 1.807) is 12.1 Å². The molecule has 2 heterocycles.